The number of hydrogen-bond acceptors (Lipinski definition) is 3. The minimum absolute atomic E-state index is 0.481. The lowest BCUT2D eigenvalue weighted by Crippen LogP contribution is -2.10. The topological polar surface area (TPSA) is 42.1 Å². The van der Waals surface area contributed by atoms with Crippen molar-refractivity contribution in [1.29, 1.82) is 0 Å². The highest BCUT2D eigenvalue weighted by Crippen LogP contribution is 2.23. The molecule has 2 aromatic rings. The summed E-state index contributed by atoms with van der Waals surface area (Å²) in [5.74, 6) is 0. The highest BCUT2D eigenvalue weighted by atomic mass is 15.1. The van der Waals surface area contributed by atoms with Gasteiger partial charge in [-0.05, 0) is 36.2 Å². The molecule has 0 aliphatic rings. The van der Waals surface area contributed by atoms with E-state index < -0.39 is 0 Å². The number of hydrogen-bond donors (Lipinski definition) is 1. The summed E-state index contributed by atoms with van der Waals surface area (Å²) in [7, 11) is 2.04. The minimum Gasteiger partial charge on any atom is -0.343 e. The molecule has 2 rings (SSSR count). The lowest BCUT2D eigenvalue weighted by molar-refractivity contribution is 0.985. The van der Waals surface area contributed by atoms with Crippen molar-refractivity contribution in [2.75, 3.05) is 11.9 Å². The van der Waals surface area contributed by atoms with Crippen LogP contribution in [0.15, 0.2) is 42.6 Å². The summed E-state index contributed by atoms with van der Waals surface area (Å²) >= 11 is 0. The summed E-state index contributed by atoms with van der Waals surface area (Å²) in [6.45, 7) is 2.64. The predicted octanol–water partition coefficient (Wildman–Crippen LogP) is 2.87. The Hall–Kier alpha value is -1.87. The third-order valence-electron chi connectivity index (χ3n) is 3.14. The molecule has 2 N–H and O–H groups in total. The largest absolute Gasteiger partial charge is 0.343 e. The standard InChI is InChI=1S/C15H19N3/c1-3-12-4-7-14(8-5-12)18(2)15-9-6-13(10-16)17-11-15/h4-9,11H,3,10,16H2,1-2H3. The molecule has 0 aliphatic carbocycles. The zero-order chi connectivity index (χ0) is 13.0. The maximum Gasteiger partial charge on any atom is 0.0594 e. The first-order valence-corrected chi connectivity index (χ1v) is 6.22. The summed E-state index contributed by atoms with van der Waals surface area (Å²) in [4.78, 5) is 6.43. The van der Waals surface area contributed by atoms with Crippen LogP contribution in [0.3, 0.4) is 0 Å². The average Bonchev–Trinajstić information content (AvgIpc) is 2.47. The molecule has 0 amide bonds. The number of benzene rings is 1. The zero-order valence-corrected chi connectivity index (χ0v) is 10.9. The van der Waals surface area contributed by atoms with Gasteiger partial charge in [0.2, 0.25) is 0 Å². The maximum atomic E-state index is 5.54. The van der Waals surface area contributed by atoms with E-state index in [-0.39, 0.29) is 0 Å². The normalized spacial score (nSPS) is 10.4. The Morgan fingerprint density at radius 1 is 1.06 bits per heavy atom. The molecule has 0 radical (unpaired) electrons. The fourth-order valence-corrected chi connectivity index (χ4v) is 1.84. The molecular formula is C15H19N3. The average molecular weight is 241 g/mol. The number of nitrogens with two attached hydrogens (primary N) is 1. The Labute approximate surface area is 108 Å². The van der Waals surface area contributed by atoms with Gasteiger partial charge in [0, 0.05) is 19.3 Å². The van der Waals surface area contributed by atoms with Crippen molar-refractivity contribution in [1.82, 2.24) is 4.98 Å². The van der Waals surface area contributed by atoms with Crippen LogP contribution in [0.25, 0.3) is 0 Å². The molecule has 0 unspecified atom stereocenters. The van der Waals surface area contributed by atoms with Crippen LogP contribution in [0, 0.1) is 0 Å². The number of aromatic nitrogens is 1. The van der Waals surface area contributed by atoms with Gasteiger partial charge in [0.1, 0.15) is 0 Å². The van der Waals surface area contributed by atoms with E-state index in [1.807, 2.05) is 25.4 Å². The number of anilines is 2. The number of pyridine rings is 1. The molecule has 0 spiro atoms. The van der Waals surface area contributed by atoms with E-state index >= 15 is 0 Å². The smallest absolute Gasteiger partial charge is 0.0594 e. The van der Waals surface area contributed by atoms with Gasteiger partial charge in [-0.25, -0.2) is 0 Å². The first-order chi connectivity index (χ1) is 8.74. The molecular weight excluding hydrogens is 222 g/mol. The van der Waals surface area contributed by atoms with Crippen molar-refractivity contribution in [3.8, 4) is 0 Å². The Bertz CT molecular complexity index is 441. The Kier molecular flexibility index (Phi) is 3.95. The van der Waals surface area contributed by atoms with Crippen LogP contribution in [0.5, 0.6) is 0 Å². The highest BCUT2D eigenvalue weighted by molar-refractivity contribution is 5.61. The predicted molar refractivity (Wildman–Crippen MR) is 76.0 cm³/mol. The summed E-state index contributed by atoms with van der Waals surface area (Å²) < 4.78 is 0. The molecule has 1 aromatic heterocycles. The summed E-state index contributed by atoms with van der Waals surface area (Å²) in [5.41, 5.74) is 10.0. The molecule has 0 bridgehead atoms. The monoisotopic (exact) mass is 241 g/mol. The molecule has 1 aromatic carbocycles. The zero-order valence-electron chi connectivity index (χ0n) is 10.9. The van der Waals surface area contributed by atoms with Gasteiger partial charge in [-0.1, -0.05) is 19.1 Å². The van der Waals surface area contributed by atoms with E-state index in [4.69, 9.17) is 5.73 Å². The Morgan fingerprint density at radius 3 is 2.22 bits per heavy atom. The highest BCUT2D eigenvalue weighted by Gasteiger charge is 2.04. The van der Waals surface area contributed by atoms with E-state index in [0.717, 1.165) is 23.5 Å². The Morgan fingerprint density at radius 2 is 1.72 bits per heavy atom. The maximum absolute atomic E-state index is 5.54. The van der Waals surface area contributed by atoms with E-state index in [9.17, 15) is 0 Å². The fraction of sp³-hybridized carbons (Fsp3) is 0.267. The lowest BCUT2D eigenvalue weighted by Gasteiger charge is -2.19. The second-order valence-electron chi connectivity index (χ2n) is 4.29. The molecule has 3 nitrogen and oxygen atoms in total. The van der Waals surface area contributed by atoms with Gasteiger partial charge in [0.15, 0.2) is 0 Å². The van der Waals surface area contributed by atoms with E-state index in [1.54, 1.807) is 0 Å². The van der Waals surface area contributed by atoms with Crippen molar-refractivity contribution >= 4 is 11.4 Å². The van der Waals surface area contributed by atoms with Gasteiger partial charge in [-0.2, -0.15) is 0 Å². The fourth-order valence-electron chi connectivity index (χ4n) is 1.84. The lowest BCUT2D eigenvalue weighted by atomic mass is 10.1. The van der Waals surface area contributed by atoms with Crippen molar-refractivity contribution in [2.24, 2.45) is 5.73 Å². The molecule has 0 aliphatic heterocycles. The number of aryl methyl sites for hydroxylation is 1. The second-order valence-corrected chi connectivity index (χ2v) is 4.29. The van der Waals surface area contributed by atoms with Crippen molar-refractivity contribution < 1.29 is 0 Å². The van der Waals surface area contributed by atoms with Crippen LogP contribution in [-0.2, 0) is 13.0 Å². The van der Waals surface area contributed by atoms with Crippen LogP contribution in [0.2, 0.25) is 0 Å². The number of rotatable bonds is 4. The molecule has 0 atom stereocenters. The third-order valence-corrected chi connectivity index (χ3v) is 3.14. The second kappa shape index (κ2) is 5.65. The molecule has 1 heterocycles. The van der Waals surface area contributed by atoms with Crippen LogP contribution in [-0.4, -0.2) is 12.0 Å². The van der Waals surface area contributed by atoms with E-state index in [2.05, 4.69) is 41.1 Å². The minimum atomic E-state index is 0.481. The molecule has 18 heavy (non-hydrogen) atoms. The van der Waals surface area contributed by atoms with E-state index in [0.29, 0.717) is 6.54 Å². The molecule has 0 saturated heterocycles. The Balaban J connectivity index is 2.20. The van der Waals surface area contributed by atoms with Gasteiger partial charge in [-0.15, -0.1) is 0 Å². The molecule has 0 saturated carbocycles. The van der Waals surface area contributed by atoms with Crippen molar-refractivity contribution in [2.45, 2.75) is 19.9 Å². The van der Waals surface area contributed by atoms with Crippen LogP contribution >= 0.6 is 0 Å². The SMILES string of the molecule is CCc1ccc(N(C)c2ccc(CN)nc2)cc1. The number of nitrogens with zero attached hydrogens (tertiary/aromatic N) is 2. The van der Waals surface area contributed by atoms with E-state index in [1.165, 1.54) is 5.56 Å². The van der Waals surface area contributed by atoms with Gasteiger partial charge < -0.3 is 10.6 Å². The summed E-state index contributed by atoms with van der Waals surface area (Å²) in [6, 6.07) is 12.6. The van der Waals surface area contributed by atoms with Gasteiger partial charge in [0.25, 0.3) is 0 Å². The van der Waals surface area contributed by atoms with Crippen molar-refractivity contribution in [3.05, 3.63) is 53.9 Å². The first-order valence-electron chi connectivity index (χ1n) is 6.22. The molecule has 94 valence electrons. The van der Waals surface area contributed by atoms with Crippen molar-refractivity contribution in [3.63, 3.8) is 0 Å². The van der Waals surface area contributed by atoms with Gasteiger partial charge in [-0.3, -0.25) is 4.98 Å². The molecule has 3 heteroatoms. The summed E-state index contributed by atoms with van der Waals surface area (Å²) in [5, 5.41) is 0. The van der Waals surface area contributed by atoms with Gasteiger partial charge >= 0.3 is 0 Å². The van der Waals surface area contributed by atoms with Crippen LogP contribution < -0.4 is 10.6 Å². The van der Waals surface area contributed by atoms with Crippen LogP contribution in [0.4, 0.5) is 11.4 Å². The quantitative estimate of drug-likeness (QED) is 0.895. The third kappa shape index (κ3) is 2.68. The summed E-state index contributed by atoms with van der Waals surface area (Å²) in [6.07, 6.45) is 2.92. The first kappa shape index (κ1) is 12.6. The molecule has 0 fully saturated rings. The van der Waals surface area contributed by atoms with Gasteiger partial charge in [0.05, 0.1) is 17.6 Å². The van der Waals surface area contributed by atoms with Crippen LogP contribution in [0.1, 0.15) is 18.2 Å².